The minimum Gasteiger partial charge on any atom is -0.496 e. The van der Waals surface area contributed by atoms with Crippen molar-refractivity contribution in [3.8, 4) is 23.3 Å². The number of methoxy groups -OCH3 is 3. The molecular formula is C28H28ClN3O6S. The van der Waals surface area contributed by atoms with Gasteiger partial charge in [-0.25, -0.2) is 4.79 Å². The molecule has 1 heterocycles. The van der Waals surface area contributed by atoms with Gasteiger partial charge in [-0.2, -0.15) is 5.26 Å². The number of ether oxygens (including phenoxy) is 4. The first kappa shape index (κ1) is 29.5. The molecule has 1 aliphatic rings. The van der Waals surface area contributed by atoms with Crippen molar-refractivity contribution in [3.63, 3.8) is 0 Å². The normalized spacial score (nSPS) is 14.6. The van der Waals surface area contributed by atoms with E-state index in [0.717, 1.165) is 11.8 Å². The van der Waals surface area contributed by atoms with Crippen molar-refractivity contribution in [1.29, 1.82) is 5.26 Å². The van der Waals surface area contributed by atoms with Crippen LogP contribution in [0.15, 0.2) is 70.9 Å². The molecule has 0 radical (unpaired) electrons. The third kappa shape index (κ3) is 6.69. The van der Waals surface area contributed by atoms with Crippen LogP contribution in [-0.4, -0.2) is 45.6 Å². The van der Waals surface area contributed by atoms with Crippen molar-refractivity contribution >= 4 is 40.9 Å². The number of rotatable bonds is 11. The first-order valence-electron chi connectivity index (χ1n) is 11.7. The molecule has 9 nitrogen and oxygen atoms in total. The van der Waals surface area contributed by atoms with E-state index in [1.165, 1.54) is 27.4 Å². The Balaban J connectivity index is 1.94. The molecule has 2 aromatic carbocycles. The van der Waals surface area contributed by atoms with Gasteiger partial charge in [-0.05, 0) is 13.0 Å². The Bertz CT molecular complexity index is 1380. The number of nitrogens with one attached hydrogen (secondary N) is 2. The number of para-hydroxylation sites is 1. The smallest absolute Gasteiger partial charge is 0.337 e. The van der Waals surface area contributed by atoms with Crippen LogP contribution in [0.2, 0.25) is 5.02 Å². The number of halogens is 1. The number of nitriles is 1. The van der Waals surface area contributed by atoms with E-state index in [9.17, 15) is 14.9 Å². The van der Waals surface area contributed by atoms with Gasteiger partial charge in [0.15, 0.2) is 0 Å². The van der Waals surface area contributed by atoms with E-state index >= 15 is 0 Å². The van der Waals surface area contributed by atoms with Gasteiger partial charge in [0, 0.05) is 23.4 Å². The first-order chi connectivity index (χ1) is 18.8. The van der Waals surface area contributed by atoms with Crippen LogP contribution in [0.25, 0.3) is 0 Å². The first-order valence-corrected chi connectivity index (χ1v) is 13.0. The summed E-state index contributed by atoms with van der Waals surface area (Å²) in [4.78, 5) is 26.0. The average Bonchev–Trinajstić information content (AvgIpc) is 2.94. The molecule has 0 saturated carbocycles. The summed E-state index contributed by atoms with van der Waals surface area (Å²) >= 11 is 7.28. The van der Waals surface area contributed by atoms with Crippen LogP contribution >= 0.6 is 23.4 Å². The van der Waals surface area contributed by atoms with Crippen molar-refractivity contribution in [3.05, 3.63) is 81.5 Å². The van der Waals surface area contributed by atoms with Gasteiger partial charge in [0.1, 0.15) is 23.9 Å². The molecule has 11 heteroatoms. The number of hydrogen-bond acceptors (Lipinski definition) is 9. The average molecular weight is 570 g/mol. The van der Waals surface area contributed by atoms with Gasteiger partial charge in [-0.1, -0.05) is 54.2 Å². The predicted molar refractivity (Wildman–Crippen MR) is 151 cm³/mol. The topological polar surface area (TPSA) is 119 Å². The van der Waals surface area contributed by atoms with E-state index < -0.39 is 11.9 Å². The lowest BCUT2D eigenvalue weighted by molar-refractivity contribution is -0.138. The van der Waals surface area contributed by atoms with E-state index in [1.54, 1.807) is 43.3 Å². The number of benzene rings is 2. The van der Waals surface area contributed by atoms with E-state index in [4.69, 9.17) is 30.5 Å². The fourth-order valence-corrected chi connectivity index (χ4v) is 5.13. The second-order valence-electron chi connectivity index (χ2n) is 8.10. The molecule has 39 heavy (non-hydrogen) atoms. The number of amides is 1. The predicted octanol–water partition coefficient (Wildman–Crippen LogP) is 5.16. The molecule has 0 fully saturated rings. The quantitative estimate of drug-likeness (QED) is 0.279. The molecule has 0 aromatic heterocycles. The van der Waals surface area contributed by atoms with Crippen LogP contribution in [0.4, 0.5) is 5.69 Å². The highest BCUT2D eigenvalue weighted by molar-refractivity contribution is 8.03. The molecule has 0 aliphatic carbocycles. The van der Waals surface area contributed by atoms with Gasteiger partial charge in [0.05, 0.1) is 66.0 Å². The van der Waals surface area contributed by atoms with Crippen molar-refractivity contribution < 1.29 is 28.5 Å². The molecule has 3 rings (SSSR count). The van der Waals surface area contributed by atoms with Gasteiger partial charge >= 0.3 is 5.97 Å². The Kier molecular flexibility index (Phi) is 10.3. The highest BCUT2D eigenvalue weighted by atomic mass is 35.5. The molecule has 1 aliphatic heterocycles. The third-order valence-corrected chi connectivity index (χ3v) is 7.06. The van der Waals surface area contributed by atoms with E-state index in [1.807, 2.05) is 0 Å². The van der Waals surface area contributed by atoms with Gasteiger partial charge < -0.3 is 29.6 Å². The van der Waals surface area contributed by atoms with Crippen molar-refractivity contribution in [2.75, 3.05) is 39.0 Å². The van der Waals surface area contributed by atoms with Gasteiger partial charge in [-0.3, -0.25) is 4.79 Å². The number of carbonyl (C=O) groups is 2. The molecule has 1 amide bonds. The molecule has 0 saturated heterocycles. The maximum absolute atomic E-state index is 13.1. The van der Waals surface area contributed by atoms with Crippen LogP contribution in [-0.2, 0) is 14.3 Å². The van der Waals surface area contributed by atoms with Crippen LogP contribution in [0, 0.1) is 11.3 Å². The zero-order valence-corrected chi connectivity index (χ0v) is 23.5. The summed E-state index contributed by atoms with van der Waals surface area (Å²) in [5.74, 6) is -0.537. The molecule has 1 atom stereocenters. The monoisotopic (exact) mass is 569 g/mol. The van der Waals surface area contributed by atoms with E-state index in [2.05, 4.69) is 23.3 Å². The number of anilines is 1. The Hall–Kier alpha value is -4.07. The van der Waals surface area contributed by atoms with E-state index in [0.29, 0.717) is 44.2 Å². The number of dihydropyridines is 1. The lowest BCUT2D eigenvalue weighted by Crippen LogP contribution is -2.29. The molecule has 0 unspecified atom stereocenters. The second kappa shape index (κ2) is 13.6. The van der Waals surface area contributed by atoms with Crippen LogP contribution in [0.1, 0.15) is 18.4 Å². The third-order valence-electron chi connectivity index (χ3n) is 5.75. The molecule has 204 valence electrons. The van der Waals surface area contributed by atoms with Crippen LogP contribution < -0.4 is 24.8 Å². The molecule has 2 N–H and O–H groups in total. The Morgan fingerprint density at radius 3 is 2.49 bits per heavy atom. The highest BCUT2D eigenvalue weighted by Gasteiger charge is 2.37. The summed E-state index contributed by atoms with van der Waals surface area (Å²) < 4.78 is 21.4. The standard InChI is InChI=1S/C28H28ClN3O6S/c1-6-11-38-28(34)25-16(2)31-27(18(14-30)26(25)17-9-7-8-10-21(17)35-3)39-15-24(33)32-20-13-22(36-4)19(29)12-23(20)37-5/h6-10,12-13,26,31H,1,11,15H2,2-5H3,(H,32,33)/t26-/m1/s1. The summed E-state index contributed by atoms with van der Waals surface area (Å²) in [6.45, 7) is 5.32. The number of thioether (sulfide) groups is 1. The highest BCUT2D eigenvalue weighted by Crippen LogP contribution is 2.44. The minimum absolute atomic E-state index is 0.0145. The molecule has 2 aromatic rings. The number of nitrogens with zero attached hydrogens (tertiary/aromatic N) is 1. The van der Waals surface area contributed by atoms with Crippen LogP contribution in [0.3, 0.4) is 0 Å². The van der Waals surface area contributed by atoms with Crippen molar-refractivity contribution in [2.24, 2.45) is 0 Å². The lowest BCUT2D eigenvalue weighted by Gasteiger charge is -2.30. The lowest BCUT2D eigenvalue weighted by atomic mass is 9.82. The maximum Gasteiger partial charge on any atom is 0.337 e. The summed E-state index contributed by atoms with van der Waals surface area (Å²) in [5, 5.41) is 16.9. The summed E-state index contributed by atoms with van der Waals surface area (Å²) in [7, 11) is 4.44. The van der Waals surface area contributed by atoms with Gasteiger partial charge in [0.25, 0.3) is 0 Å². The zero-order valence-electron chi connectivity index (χ0n) is 21.9. The Morgan fingerprint density at radius 2 is 1.85 bits per heavy atom. The zero-order chi connectivity index (χ0) is 28.5. The van der Waals surface area contributed by atoms with E-state index in [-0.39, 0.29) is 29.4 Å². The fourth-order valence-electron chi connectivity index (χ4n) is 4.01. The number of hydrogen-bond donors (Lipinski definition) is 2. The van der Waals surface area contributed by atoms with Gasteiger partial charge in [0.2, 0.25) is 5.91 Å². The molecular weight excluding hydrogens is 542 g/mol. The largest absolute Gasteiger partial charge is 0.496 e. The SMILES string of the molecule is C=CCOC(=O)C1=C(C)NC(SCC(=O)Nc2cc(OC)c(Cl)cc2OC)=C(C#N)[C@H]1c1ccccc1OC. The summed E-state index contributed by atoms with van der Waals surface area (Å²) in [5.41, 5.74) is 2.00. The molecule has 0 bridgehead atoms. The Labute approximate surface area is 236 Å². The van der Waals surface area contributed by atoms with Crippen molar-refractivity contribution in [1.82, 2.24) is 5.32 Å². The van der Waals surface area contributed by atoms with Gasteiger partial charge in [-0.15, -0.1) is 0 Å². The summed E-state index contributed by atoms with van der Waals surface area (Å²) in [6.07, 6.45) is 1.47. The second-order valence-corrected chi connectivity index (χ2v) is 9.50. The molecule has 0 spiro atoms. The van der Waals surface area contributed by atoms with Crippen molar-refractivity contribution in [2.45, 2.75) is 12.8 Å². The van der Waals surface area contributed by atoms with Crippen LogP contribution in [0.5, 0.6) is 17.2 Å². The fraction of sp³-hybridized carbons (Fsp3) is 0.250. The Morgan fingerprint density at radius 1 is 1.15 bits per heavy atom. The number of carbonyl (C=O) groups excluding carboxylic acids is 2. The summed E-state index contributed by atoms with van der Waals surface area (Å²) in [6, 6.07) is 12.5. The maximum atomic E-state index is 13.1. The number of esters is 1. The number of allylic oxidation sites excluding steroid dienone is 2. The minimum atomic E-state index is -0.782.